The van der Waals surface area contributed by atoms with Crippen molar-refractivity contribution in [3.05, 3.63) is 29.1 Å². The molecule has 1 heterocycles. The smallest absolute Gasteiger partial charge is 0.415 e. The van der Waals surface area contributed by atoms with Crippen LogP contribution in [0.5, 0.6) is 0 Å². The minimum absolute atomic E-state index is 0.0581. The zero-order valence-electron chi connectivity index (χ0n) is 12.4. The number of nitrogens with zero attached hydrogens (tertiary/aromatic N) is 1. The molecule has 1 aliphatic rings. The Labute approximate surface area is 122 Å². The number of carboxylic acids is 1. The highest BCUT2D eigenvalue weighted by Gasteiger charge is 2.42. The van der Waals surface area contributed by atoms with Gasteiger partial charge < -0.3 is 9.84 Å². The molecular formula is C15H18FNO4. The van der Waals surface area contributed by atoms with Gasteiger partial charge in [0.1, 0.15) is 17.5 Å². The van der Waals surface area contributed by atoms with E-state index in [4.69, 9.17) is 4.74 Å². The van der Waals surface area contributed by atoms with Gasteiger partial charge in [0.15, 0.2) is 0 Å². The van der Waals surface area contributed by atoms with Crippen LogP contribution in [0.4, 0.5) is 14.9 Å². The molecule has 1 atom stereocenters. The summed E-state index contributed by atoms with van der Waals surface area (Å²) in [5.41, 5.74) is 0.426. The molecule has 0 unspecified atom stereocenters. The van der Waals surface area contributed by atoms with E-state index in [1.807, 2.05) is 0 Å². The molecule has 0 aromatic heterocycles. The first-order valence-corrected chi connectivity index (χ1v) is 6.65. The maximum atomic E-state index is 13.9. The van der Waals surface area contributed by atoms with Gasteiger partial charge in [-0.3, -0.25) is 4.90 Å². The number of hydrogen-bond acceptors (Lipinski definition) is 3. The number of ether oxygens (including phenoxy) is 1. The molecule has 0 radical (unpaired) electrons. The molecule has 2 rings (SSSR count). The van der Waals surface area contributed by atoms with Crippen molar-refractivity contribution in [3.8, 4) is 0 Å². The Bertz CT molecular complexity index is 606. The number of aryl methyl sites for hydroxylation is 1. The van der Waals surface area contributed by atoms with Crippen molar-refractivity contribution in [3.63, 3.8) is 0 Å². The largest absolute Gasteiger partial charge is 0.480 e. The minimum Gasteiger partial charge on any atom is -0.480 e. The average Bonchev–Trinajstić information content (AvgIpc) is 2.73. The number of carbonyl (C=O) groups is 2. The Balaban J connectivity index is 2.50. The first-order chi connectivity index (χ1) is 9.61. The Morgan fingerprint density at radius 2 is 2.00 bits per heavy atom. The van der Waals surface area contributed by atoms with Gasteiger partial charge in [0, 0.05) is 12.0 Å². The van der Waals surface area contributed by atoms with E-state index in [-0.39, 0.29) is 12.0 Å². The minimum atomic E-state index is -1.18. The number of amides is 1. The van der Waals surface area contributed by atoms with Crippen molar-refractivity contribution >= 4 is 17.7 Å². The number of carboxylic acid groups (broad SMARTS) is 1. The lowest BCUT2D eigenvalue weighted by molar-refractivity contribution is -0.138. The lowest BCUT2D eigenvalue weighted by Crippen LogP contribution is -2.45. The standard InChI is InChI=1S/C15H18FNO4/c1-8-5-6-10(16)9-7-11(13(18)19)17(12(8)9)14(20)21-15(2,3)4/h5-6,11H,7H2,1-4H3,(H,18,19)/t11-/m1/s1. The van der Waals surface area contributed by atoms with E-state index in [1.165, 1.54) is 12.1 Å². The first kappa shape index (κ1) is 15.3. The highest BCUT2D eigenvalue weighted by molar-refractivity contribution is 5.99. The molecular weight excluding hydrogens is 277 g/mol. The van der Waals surface area contributed by atoms with Gasteiger partial charge in [0.25, 0.3) is 0 Å². The molecule has 1 aliphatic heterocycles. The maximum Gasteiger partial charge on any atom is 0.415 e. The molecule has 0 saturated carbocycles. The molecule has 5 nitrogen and oxygen atoms in total. The Morgan fingerprint density at radius 1 is 1.38 bits per heavy atom. The van der Waals surface area contributed by atoms with Crippen LogP contribution in [0.1, 0.15) is 31.9 Å². The molecule has 0 spiro atoms. The number of rotatable bonds is 1. The van der Waals surface area contributed by atoms with E-state index >= 15 is 0 Å². The number of carbonyl (C=O) groups excluding carboxylic acids is 1. The van der Waals surface area contributed by atoms with Crippen molar-refractivity contribution < 1.29 is 23.8 Å². The van der Waals surface area contributed by atoms with Crippen molar-refractivity contribution in [2.24, 2.45) is 0 Å². The maximum absolute atomic E-state index is 13.9. The lowest BCUT2D eigenvalue weighted by Gasteiger charge is -2.28. The van der Waals surface area contributed by atoms with Crippen LogP contribution >= 0.6 is 0 Å². The van der Waals surface area contributed by atoms with Crippen molar-refractivity contribution in [1.29, 1.82) is 0 Å². The molecule has 6 heteroatoms. The van der Waals surface area contributed by atoms with E-state index in [2.05, 4.69) is 0 Å². The Morgan fingerprint density at radius 3 is 2.52 bits per heavy atom. The van der Waals surface area contributed by atoms with Crippen molar-refractivity contribution in [1.82, 2.24) is 0 Å². The fraction of sp³-hybridized carbons (Fsp3) is 0.467. The van der Waals surface area contributed by atoms with Gasteiger partial charge in [-0.25, -0.2) is 14.0 Å². The van der Waals surface area contributed by atoms with E-state index in [1.54, 1.807) is 27.7 Å². The van der Waals surface area contributed by atoms with Gasteiger partial charge in [0.05, 0.1) is 5.69 Å². The van der Waals surface area contributed by atoms with Crippen LogP contribution in [-0.2, 0) is 16.0 Å². The molecule has 1 aromatic carbocycles. The summed E-state index contributed by atoms with van der Waals surface area (Å²) in [7, 11) is 0. The monoisotopic (exact) mass is 295 g/mol. The zero-order chi connectivity index (χ0) is 15.9. The Hall–Kier alpha value is -2.11. The molecule has 0 aliphatic carbocycles. The summed E-state index contributed by atoms with van der Waals surface area (Å²) in [6, 6.07) is 1.66. The van der Waals surface area contributed by atoms with Crippen LogP contribution in [0.25, 0.3) is 0 Å². The quantitative estimate of drug-likeness (QED) is 0.865. The van der Waals surface area contributed by atoms with Crippen LogP contribution in [0.15, 0.2) is 12.1 Å². The average molecular weight is 295 g/mol. The fourth-order valence-electron chi connectivity index (χ4n) is 2.43. The summed E-state index contributed by atoms with van der Waals surface area (Å²) in [6.45, 7) is 6.78. The van der Waals surface area contributed by atoms with Gasteiger partial charge in [0.2, 0.25) is 0 Å². The second kappa shape index (κ2) is 5.02. The topological polar surface area (TPSA) is 66.8 Å². The third-order valence-corrected chi connectivity index (χ3v) is 3.25. The molecule has 21 heavy (non-hydrogen) atoms. The van der Waals surface area contributed by atoms with Gasteiger partial charge >= 0.3 is 12.1 Å². The molecule has 0 fully saturated rings. The summed E-state index contributed by atoms with van der Waals surface area (Å²) in [5, 5.41) is 9.31. The second-order valence-corrected chi connectivity index (χ2v) is 6.10. The van der Waals surface area contributed by atoms with Crippen LogP contribution in [0, 0.1) is 12.7 Å². The third kappa shape index (κ3) is 2.84. The van der Waals surface area contributed by atoms with Crippen LogP contribution in [0.3, 0.4) is 0 Å². The second-order valence-electron chi connectivity index (χ2n) is 6.10. The molecule has 1 amide bonds. The zero-order valence-corrected chi connectivity index (χ0v) is 12.4. The predicted molar refractivity (Wildman–Crippen MR) is 75.0 cm³/mol. The van der Waals surface area contributed by atoms with E-state index in [0.717, 1.165) is 4.90 Å². The Kier molecular flexibility index (Phi) is 3.65. The van der Waals surface area contributed by atoms with Gasteiger partial charge in [-0.1, -0.05) is 6.07 Å². The molecule has 0 bridgehead atoms. The van der Waals surface area contributed by atoms with Crippen LogP contribution in [-0.4, -0.2) is 28.8 Å². The van der Waals surface area contributed by atoms with Crippen LogP contribution < -0.4 is 4.90 Å². The highest BCUT2D eigenvalue weighted by atomic mass is 19.1. The highest BCUT2D eigenvalue weighted by Crippen LogP contribution is 2.38. The predicted octanol–water partition coefficient (Wildman–Crippen LogP) is 2.88. The van der Waals surface area contributed by atoms with E-state index in [0.29, 0.717) is 11.3 Å². The van der Waals surface area contributed by atoms with Crippen molar-refractivity contribution in [2.75, 3.05) is 4.90 Å². The van der Waals surface area contributed by atoms with Gasteiger partial charge in [-0.2, -0.15) is 0 Å². The number of fused-ring (bicyclic) bond motifs is 1. The molecule has 0 saturated heterocycles. The van der Waals surface area contributed by atoms with E-state index in [9.17, 15) is 19.1 Å². The SMILES string of the molecule is Cc1ccc(F)c2c1N(C(=O)OC(C)(C)C)[C@@H](C(=O)O)C2. The number of benzene rings is 1. The fourth-order valence-corrected chi connectivity index (χ4v) is 2.43. The number of halogens is 1. The van der Waals surface area contributed by atoms with E-state index < -0.39 is 29.5 Å². The van der Waals surface area contributed by atoms with Crippen LogP contribution in [0.2, 0.25) is 0 Å². The van der Waals surface area contributed by atoms with Gasteiger partial charge in [-0.15, -0.1) is 0 Å². The summed E-state index contributed by atoms with van der Waals surface area (Å²) in [6.07, 6.45) is -0.834. The number of aliphatic carboxylic acids is 1. The summed E-state index contributed by atoms with van der Waals surface area (Å²) >= 11 is 0. The third-order valence-electron chi connectivity index (χ3n) is 3.25. The molecule has 1 N–H and O–H groups in total. The lowest BCUT2D eigenvalue weighted by atomic mass is 10.1. The summed E-state index contributed by atoms with van der Waals surface area (Å²) < 4.78 is 19.2. The summed E-state index contributed by atoms with van der Waals surface area (Å²) in [5.74, 6) is -1.69. The van der Waals surface area contributed by atoms with Gasteiger partial charge in [-0.05, 0) is 39.3 Å². The number of hydrogen-bond donors (Lipinski definition) is 1. The first-order valence-electron chi connectivity index (χ1n) is 6.65. The molecule has 114 valence electrons. The number of anilines is 1. The molecule has 1 aromatic rings. The van der Waals surface area contributed by atoms with Crippen molar-refractivity contribution in [2.45, 2.75) is 45.8 Å². The summed E-state index contributed by atoms with van der Waals surface area (Å²) in [4.78, 5) is 24.8. The normalized spacial score (nSPS) is 17.6.